The van der Waals surface area contributed by atoms with E-state index in [0.29, 0.717) is 18.1 Å². The smallest absolute Gasteiger partial charge is 0.254 e. The van der Waals surface area contributed by atoms with Crippen molar-refractivity contribution in [3.8, 4) is 6.07 Å². The number of nitrogens with one attached hydrogen (secondary N) is 1. The monoisotopic (exact) mass is 644 g/mol. The fourth-order valence-electron chi connectivity index (χ4n) is 7.43. The summed E-state index contributed by atoms with van der Waals surface area (Å²) in [5.41, 5.74) is 5.59. The maximum absolute atomic E-state index is 14.2. The molecule has 0 radical (unpaired) electrons. The van der Waals surface area contributed by atoms with Gasteiger partial charge in [0.1, 0.15) is 17.6 Å². The third-order valence-corrected chi connectivity index (χ3v) is 9.99. The van der Waals surface area contributed by atoms with Crippen LogP contribution in [-0.2, 0) is 13.1 Å². The molecule has 1 unspecified atom stereocenters. The van der Waals surface area contributed by atoms with Gasteiger partial charge >= 0.3 is 0 Å². The van der Waals surface area contributed by atoms with Gasteiger partial charge in [-0.15, -0.1) is 0 Å². The Kier molecular flexibility index (Phi) is 8.05. The second-order valence-corrected chi connectivity index (χ2v) is 13.3. The molecule has 1 atom stereocenters. The van der Waals surface area contributed by atoms with Crippen LogP contribution in [0.25, 0.3) is 10.9 Å². The minimum Gasteiger partial charge on any atom is -0.367 e. The van der Waals surface area contributed by atoms with Crippen molar-refractivity contribution in [3.05, 3.63) is 112 Å². The van der Waals surface area contributed by atoms with Gasteiger partial charge in [-0.05, 0) is 79.4 Å². The zero-order valence-electron chi connectivity index (χ0n) is 27.3. The van der Waals surface area contributed by atoms with E-state index in [1.165, 1.54) is 34.4 Å². The first kappa shape index (κ1) is 31.3. The van der Waals surface area contributed by atoms with Gasteiger partial charge in [0.15, 0.2) is 11.5 Å². The van der Waals surface area contributed by atoms with Crippen molar-refractivity contribution in [1.29, 1.82) is 5.26 Å². The van der Waals surface area contributed by atoms with Crippen LogP contribution in [0.3, 0.4) is 0 Å². The van der Waals surface area contributed by atoms with Crippen molar-refractivity contribution in [3.63, 3.8) is 0 Å². The summed E-state index contributed by atoms with van der Waals surface area (Å²) >= 11 is 0. The molecule has 0 saturated carbocycles. The highest BCUT2D eigenvalue weighted by Crippen LogP contribution is 2.42. The molecule has 1 N–H and O–H groups in total. The number of nitriles is 1. The molecule has 3 aromatic heterocycles. The number of carbonyl (C=O) groups is 2. The highest BCUT2D eigenvalue weighted by Gasteiger charge is 2.44. The van der Waals surface area contributed by atoms with E-state index >= 15 is 0 Å². The molecule has 2 aliphatic rings. The number of hydrogen-bond donors (Lipinski definition) is 1. The fraction of sp³-hybridized carbons (Fsp3) is 0.324. The summed E-state index contributed by atoms with van der Waals surface area (Å²) in [6, 6.07) is 14.4. The Balaban J connectivity index is 1.08. The summed E-state index contributed by atoms with van der Waals surface area (Å²) in [6.07, 6.45) is 8.90. The molecule has 2 fully saturated rings. The van der Waals surface area contributed by atoms with Crippen molar-refractivity contribution < 1.29 is 14.0 Å². The molecule has 0 bridgehead atoms. The van der Waals surface area contributed by atoms with E-state index < -0.39 is 17.5 Å². The number of aryl methyl sites for hydroxylation is 1. The van der Waals surface area contributed by atoms with Gasteiger partial charge in [0.05, 0.1) is 12.1 Å². The number of halogens is 1. The largest absolute Gasteiger partial charge is 0.367 e. The Morgan fingerprint density at radius 2 is 1.83 bits per heavy atom. The van der Waals surface area contributed by atoms with E-state index in [0.717, 1.165) is 68.1 Å². The summed E-state index contributed by atoms with van der Waals surface area (Å²) < 4.78 is 16.2. The lowest BCUT2D eigenvalue weighted by Gasteiger charge is -2.26. The predicted molar refractivity (Wildman–Crippen MR) is 180 cm³/mol. The molecular formula is C37H37FN8O2. The number of aromatic nitrogens is 4. The van der Waals surface area contributed by atoms with Crippen molar-refractivity contribution in [2.75, 3.05) is 45.2 Å². The predicted octanol–water partition coefficient (Wildman–Crippen LogP) is 5.16. The van der Waals surface area contributed by atoms with Crippen molar-refractivity contribution in [2.24, 2.45) is 5.41 Å². The Morgan fingerprint density at radius 1 is 1.02 bits per heavy atom. The van der Waals surface area contributed by atoms with Gasteiger partial charge in [-0.2, -0.15) is 5.26 Å². The van der Waals surface area contributed by atoms with Crippen molar-refractivity contribution in [2.45, 2.75) is 32.9 Å². The SMILES string of the molecule is Cc1c(CN2CCC3(CCN(c4nccnc4C(=O)c4ccc(F)cc4C(=O)N(C)C)C3)C2)ccc2c1cc(C#N)n2Cc1cc[nH]c1. The summed E-state index contributed by atoms with van der Waals surface area (Å²) in [5, 5.41) is 11.0. The van der Waals surface area contributed by atoms with Crippen LogP contribution in [-0.4, -0.2) is 81.3 Å². The minimum atomic E-state index is -0.587. The number of likely N-dealkylation sites (tertiary alicyclic amines) is 1. The second kappa shape index (κ2) is 12.4. The lowest BCUT2D eigenvalue weighted by molar-refractivity contribution is 0.0821. The summed E-state index contributed by atoms with van der Waals surface area (Å²) in [4.78, 5) is 44.7. The van der Waals surface area contributed by atoms with Crippen molar-refractivity contribution in [1.82, 2.24) is 29.3 Å². The van der Waals surface area contributed by atoms with Crippen LogP contribution in [0.2, 0.25) is 0 Å². The molecule has 5 heterocycles. The quantitative estimate of drug-likeness (QED) is 0.232. The molecule has 2 saturated heterocycles. The van der Waals surface area contributed by atoms with Crippen LogP contribution in [0, 0.1) is 29.5 Å². The maximum Gasteiger partial charge on any atom is 0.254 e. The van der Waals surface area contributed by atoms with Gasteiger partial charge in [0.25, 0.3) is 5.91 Å². The van der Waals surface area contributed by atoms with Gasteiger partial charge < -0.3 is 19.4 Å². The van der Waals surface area contributed by atoms with E-state index in [1.807, 2.05) is 24.5 Å². The molecule has 5 aromatic rings. The number of rotatable bonds is 8. The molecule has 2 aromatic carbocycles. The molecule has 11 heteroatoms. The van der Waals surface area contributed by atoms with E-state index in [1.54, 1.807) is 20.3 Å². The topological polar surface area (TPSA) is 114 Å². The highest BCUT2D eigenvalue weighted by molar-refractivity contribution is 6.16. The van der Waals surface area contributed by atoms with Gasteiger partial charge in [0, 0.05) is 86.9 Å². The average molecular weight is 645 g/mol. The molecule has 7 rings (SSSR count). The molecule has 1 spiro atoms. The van der Waals surface area contributed by atoms with E-state index in [-0.39, 0.29) is 22.2 Å². The third kappa shape index (κ3) is 5.62. The first-order valence-electron chi connectivity index (χ1n) is 16.1. The Hall–Kier alpha value is -5.34. The number of fused-ring (bicyclic) bond motifs is 1. The van der Waals surface area contributed by atoms with Gasteiger partial charge in [-0.1, -0.05) is 6.07 Å². The first-order chi connectivity index (χ1) is 23.2. The Bertz CT molecular complexity index is 2080. The van der Waals surface area contributed by atoms with Gasteiger partial charge in [-0.25, -0.2) is 14.4 Å². The highest BCUT2D eigenvalue weighted by atomic mass is 19.1. The molecule has 2 aliphatic heterocycles. The van der Waals surface area contributed by atoms with Crippen LogP contribution < -0.4 is 4.90 Å². The number of anilines is 1. The van der Waals surface area contributed by atoms with Gasteiger partial charge in [0.2, 0.25) is 5.78 Å². The number of hydrogen-bond acceptors (Lipinski definition) is 7. The molecule has 1 amide bonds. The lowest BCUT2D eigenvalue weighted by atomic mass is 9.86. The molecule has 0 aliphatic carbocycles. The summed E-state index contributed by atoms with van der Waals surface area (Å²) in [5.74, 6) is -1.01. The van der Waals surface area contributed by atoms with E-state index in [4.69, 9.17) is 0 Å². The zero-order chi connectivity index (χ0) is 33.6. The fourth-order valence-corrected chi connectivity index (χ4v) is 7.43. The number of nitrogens with zero attached hydrogens (tertiary/aromatic N) is 7. The lowest BCUT2D eigenvalue weighted by Crippen LogP contribution is -2.32. The number of ketones is 1. The maximum atomic E-state index is 14.2. The molecule has 48 heavy (non-hydrogen) atoms. The van der Waals surface area contributed by atoms with Crippen molar-refractivity contribution >= 4 is 28.4 Å². The number of aromatic amines is 1. The average Bonchev–Trinajstić information content (AvgIpc) is 3.90. The normalized spacial score (nSPS) is 17.8. The number of amides is 1. The summed E-state index contributed by atoms with van der Waals surface area (Å²) in [7, 11) is 3.13. The molecular weight excluding hydrogens is 607 g/mol. The molecule has 244 valence electrons. The van der Waals surface area contributed by atoms with E-state index in [9.17, 15) is 19.2 Å². The van der Waals surface area contributed by atoms with Crippen LogP contribution in [0.1, 0.15) is 61.6 Å². The van der Waals surface area contributed by atoms with E-state index in [2.05, 4.69) is 54.4 Å². The molecule has 10 nitrogen and oxygen atoms in total. The Labute approximate surface area is 278 Å². The standard InChI is InChI=1S/C37H37FN8O2/c1-24-26(4-7-32-30(24)17-28(18-39)46(32)20-25-8-11-40-19-25)21-44-14-9-37(22-44)10-15-45(23-37)35-33(41-12-13-42-35)34(47)29-6-5-27(38)16-31(29)36(48)43(2)3/h4-8,11-13,16-17,19,40H,9-10,14-15,20-23H2,1-3H3. The Morgan fingerprint density at radius 3 is 2.60 bits per heavy atom. The zero-order valence-corrected chi connectivity index (χ0v) is 27.3. The van der Waals surface area contributed by atoms with Crippen LogP contribution in [0.4, 0.5) is 10.2 Å². The number of H-pyrrole nitrogens is 1. The van der Waals surface area contributed by atoms with Gasteiger partial charge in [-0.3, -0.25) is 14.5 Å². The first-order valence-corrected chi connectivity index (χ1v) is 16.1. The minimum absolute atomic E-state index is 0.000450. The van der Waals surface area contributed by atoms with Crippen LogP contribution in [0.5, 0.6) is 0 Å². The third-order valence-electron chi connectivity index (χ3n) is 9.99. The number of carbonyl (C=O) groups excluding carboxylic acids is 2. The van der Waals surface area contributed by atoms with Crippen LogP contribution in [0.15, 0.2) is 67.3 Å². The summed E-state index contributed by atoms with van der Waals surface area (Å²) in [6.45, 7) is 6.95. The van der Waals surface area contributed by atoms with Crippen LogP contribution >= 0.6 is 0 Å². The number of benzene rings is 2. The second-order valence-electron chi connectivity index (χ2n) is 13.3.